The first-order chi connectivity index (χ1) is 12.6. The molecule has 1 aromatic heterocycles. The van der Waals surface area contributed by atoms with Crippen LogP contribution in [0.4, 0.5) is 0 Å². The molecule has 1 saturated heterocycles. The molecular weight excluding hydrogens is 332 g/mol. The maximum Gasteiger partial charge on any atom is 0.339 e. The van der Waals surface area contributed by atoms with Gasteiger partial charge in [0.25, 0.3) is 0 Å². The van der Waals surface area contributed by atoms with E-state index in [4.69, 9.17) is 13.9 Å². The van der Waals surface area contributed by atoms with E-state index in [0.717, 1.165) is 5.56 Å². The summed E-state index contributed by atoms with van der Waals surface area (Å²) < 4.78 is 16.8. The van der Waals surface area contributed by atoms with Gasteiger partial charge >= 0.3 is 11.6 Å². The molecule has 2 aromatic carbocycles. The van der Waals surface area contributed by atoms with Crippen LogP contribution in [0, 0.1) is 0 Å². The van der Waals surface area contributed by atoms with Crippen molar-refractivity contribution in [1.82, 2.24) is 0 Å². The van der Waals surface area contributed by atoms with E-state index in [9.17, 15) is 9.59 Å². The van der Waals surface area contributed by atoms with Gasteiger partial charge in [-0.1, -0.05) is 49.0 Å². The highest BCUT2D eigenvalue weighted by Crippen LogP contribution is 2.40. The fraction of sp³-hybridized carbons (Fsp3) is 0.143. The normalized spacial score (nSPS) is 19.5. The Morgan fingerprint density at radius 1 is 1.04 bits per heavy atom. The quantitative estimate of drug-likeness (QED) is 0.410. The number of hydrogen-bond donors (Lipinski definition) is 0. The van der Waals surface area contributed by atoms with Crippen molar-refractivity contribution < 1.29 is 18.7 Å². The molecule has 0 spiro atoms. The van der Waals surface area contributed by atoms with E-state index >= 15 is 0 Å². The molecule has 0 unspecified atom stereocenters. The molecule has 0 amide bonds. The van der Waals surface area contributed by atoms with Gasteiger partial charge in [-0.2, -0.15) is 0 Å². The van der Waals surface area contributed by atoms with E-state index in [1.54, 1.807) is 12.1 Å². The largest absolute Gasteiger partial charge is 0.488 e. The molecule has 5 nitrogen and oxygen atoms in total. The second-order valence-electron chi connectivity index (χ2n) is 6.24. The minimum absolute atomic E-state index is 0.0647. The summed E-state index contributed by atoms with van der Waals surface area (Å²) in [4.78, 5) is 23.8. The van der Waals surface area contributed by atoms with Crippen molar-refractivity contribution in [1.29, 1.82) is 0 Å². The van der Waals surface area contributed by atoms with Crippen molar-refractivity contribution in [3.05, 3.63) is 88.8 Å². The highest BCUT2D eigenvalue weighted by Gasteiger charge is 2.45. The average molecular weight is 348 g/mol. The highest BCUT2D eigenvalue weighted by atomic mass is 16.6. The van der Waals surface area contributed by atoms with Crippen LogP contribution in [0.15, 0.2) is 82.0 Å². The molecule has 2 heterocycles. The molecule has 1 fully saturated rings. The fourth-order valence-corrected chi connectivity index (χ4v) is 3.16. The van der Waals surface area contributed by atoms with Crippen molar-refractivity contribution in [2.24, 2.45) is 0 Å². The van der Waals surface area contributed by atoms with Crippen LogP contribution in [0.5, 0.6) is 5.75 Å². The zero-order chi connectivity index (χ0) is 18.1. The Kier molecular flexibility index (Phi) is 3.84. The number of fused-ring (bicyclic) bond motifs is 1. The first-order valence-electron chi connectivity index (χ1n) is 8.20. The summed E-state index contributed by atoms with van der Waals surface area (Å²) >= 11 is 0. The van der Waals surface area contributed by atoms with Crippen LogP contribution in [0.3, 0.4) is 0 Å². The van der Waals surface area contributed by atoms with Crippen LogP contribution in [-0.4, -0.2) is 12.6 Å². The number of ether oxygens (including phenoxy) is 2. The summed E-state index contributed by atoms with van der Waals surface area (Å²) in [5.74, 6) is -0.0457. The first kappa shape index (κ1) is 16.1. The molecule has 0 radical (unpaired) electrons. The van der Waals surface area contributed by atoms with E-state index in [1.807, 2.05) is 42.5 Å². The molecule has 0 N–H and O–H groups in total. The lowest BCUT2D eigenvalue weighted by atomic mass is 9.90. The van der Waals surface area contributed by atoms with Crippen molar-refractivity contribution in [2.75, 3.05) is 6.61 Å². The van der Waals surface area contributed by atoms with Gasteiger partial charge in [0.1, 0.15) is 17.9 Å². The summed E-state index contributed by atoms with van der Waals surface area (Å²) in [7, 11) is 0. The Morgan fingerprint density at radius 3 is 2.50 bits per heavy atom. The molecule has 0 aliphatic carbocycles. The first-order valence-corrected chi connectivity index (χ1v) is 8.20. The zero-order valence-electron chi connectivity index (χ0n) is 13.9. The number of hydrogen-bond acceptors (Lipinski definition) is 5. The maximum atomic E-state index is 12.0. The van der Waals surface area contributed by atoms with Crippen LogP contribution < -0.4 is 10.4 Å². The van der Waals surface area contributed by atoms with Crippen LogP contribution in [0.25, 0.3) is 11.0 Å². The average Bonchev–Trinajstić information content (AvgIpc) is 2.95. The van der Waals surface area contributed by atoms with Crippen LogP contribution in [0.1, 0.15) is 12.0 Å². The number of cyclic esters (lactones) is 1. The van der Waals surface area contributed by atoms with Crippen molar-refractivity contribution in [2.45, 2.75) is 12.0 Å². The molecule has 130 valence electrons. The van der Waals surface area contributed by atoms with Crippen molar-refractivity contribution in [3.63, 3.8) is 0 Å². The molecule has 1 aliphatic heterocycles. The van der Waals surface area contributed by atoms with Gasteiger partial charge in [0.2, 0.25) is 0 Å². The third kappa shape index (κ3) is 2.77. The Labute approximate surface area is 149 Å². The van der Waals surface area contributed by atoms with Crippen molar-refractivity contribution >= 4 is 16.9 Å². The second kappa shape index (κ2) is 6.19. The Bertz CT molecular complexity index is 1030. The van der Waals surface area contributed by atoms with Gasteiger partial charge < -0.3 is 13.9 Å². The van der Waals surface area contributed by atoms with Gasteiger partial charge in [-0.3, -0.25) is 0 Å². The van der Waals surface area contributed by atoms with E-state index in [1.165, 1.54) is 6.07 Å². The molecular formula is C21H16O5. The number of carbonyl (C=O) groups is 1. The van der Waals surface area contributed by atoms with Crippen LogP contribution in [-0.2, 0) is 15.1 Å². The standard InChI is InChI=1S/C21H16O5/c1-14-12-21(26-20(14)23,15-7-3-2-4-8-15)13-24-18-11-19(22)25-17-10-6-5-9-16(17)18/h2-11H,1,12-13H2/t21-/m0/s1. The third-order valence-electron chi connectivity index (χ3n) is 4.45. The van der Waals surface area contributed by atoms with Crippen LogP contribution in [0.2, 0.25) is 0 Å². The Balaban J connectivity index is 1.72. The summed E-state index contributed by atoms with van der Waals surface area (Å²) in [6.07, 6.45) is 0.329. The van der Waals surface area contributed by atoms with E-state index in [2.05, 4.69) is 6.58 Å². The summed E-state index contributed by atoms with van der Waals surface area (Å²) in [6.45, 7) is 3.84. The highest BCUT2D eigenvalue weighted by molar-refractivity contribution is 5.90. The minimum Gasteiger partial charge on any atom is -0.488 e. The van der Waals surface area contributed by atoms with E-state index in [-0.39, 0.29) is 6.61 Å². The molecule has 1 atom stereocenters. The molecule has 0 saturated carbocycles. The number of para-hydroxylation sites is 1. The molecule has 0 bridgehead atoms. The Hall–Kier alpha value is -3.34. The third-order valence-corrected chi connectivity index (χ3v) is 4.45. The lowest BCUT2D eigenvalue weighted by Gasteiger charge is -2.28. The smallest absolute Gasteiger partial charge is 0.339 e. The Morgan fingerprint density at radius 2 is 1.77 bits per heavy atom. The van der Waals surface area contributed by atoms with E-state index in [0.29, 0.717) is 28.7 Å². The predicted octanol–water partition coefficient (Wildman–Crippen LogP) is 3.57. The van der Waals surface area contributed by atoms with Gasteiger partial charge in [-0.15, -0.1) is 0 Å². The molecule has 1 aliphatic rings. The summed E-state index contributed by atoms with van der Waals surface area (Å²) in [5, 5.41) is 0.679. The topological polar surface area (TPSA) is 65.7 Å². The lowest BCUT2D eigenvalue weighted by molar-refractivity contribution is -0.150. The molecule has 3 aromatic rings. The minimum atomic E-state index is -0.966. The number of rotatable bonds is 4. The lowest BCUT2D eigenvalue weighted by Crippen LogP contribution is -2.33. The number of esters is 1. The molecule has 5 heteroatoms. The van der Waals surface area contributed by atoms with Gasteiger partial charge in [0, 0.05) is 12.0 Å². The van der Waals surface area contributed by atoms with Gasteiger partial charge in [-0.05, 0) is 17.7 Å². The molecule has 4 rings (SSSR count). The monoisotopic (exact) mass is 348 g/mol. The summed E-state index contributed by atoms with van der Waals surface area (Å²) in [5.41, 5.74) is 0.193. The fourth-order valence-electron chi connectivity index (χ4n) is 3.16. The molecule has 26 heavy (non-hydrogen) atoms. The number of benzene rings is 2. The van der Waals surface area contributed by atoms with Gasteiger partial charge in [-0.25, -0.2) is 9.59 Å². The van der Waals surface area contributed by atoms with Crippen LogP contribution >= 0.6 is 0 Å². The number of carbonyl (C=O) groups excluding carboxylic acids is 1. The van der Waals surface area contributed by atoms with Gasteiger partial charge in [0.15, 0.2) is 5.60 Å². The van der Waals surface area contributed by atoms with Crippen molar-refractivity contribution in [3.8, 4) is 5.75 Å². The SMILES string of the molecule is C=C1C[C@](COc2cc(=O)oc3ccccc23)(c2ccccc2)OC1=O. The second-order valence-corrected chi connectivity index (χ2v) is 6.24. The predicted molar refractivity (Wildman–Crippen MR) is 95.9 cm³/mol. The summed E-state index contributed by atoms with van der Waals surface area (Å²) in [6, 6.07) is 17.8. The van der Waals surface area contributed by atoms with Gasteiger partial charge in [0.05, 0.1) is 11.5 Å². The zero-order valence-corrected chi connectivity index (χ0v) is 13.9. The van der Waals surface area contributed by atoms with E-state index < -0.39 is 17.2 Å². The maximum absolute atomic E-state index is 12.0.